The highest BCUT2D eigenvalue weighted by molar-refractivity contribution is 5.77. The molecule has 3 N–H and O–H groups in total. The van der Waals surface area contributed by atoms with Crippen LogP contribution in [-0.4, -0.2) is 56.0 Å². The Balaban J connectivity index is 1.25. The highest BCUT2D eigenvalue weighted by Gasteiger charge is 2.60. The summed E-state index contributed by atoms with van der Waals surface area (Å²) in [5, 5.41) is 13.7. The van der Waals surface area contributed by atoms with Crippen LogP contribution in [0.3, 0.4) is 0 Å². The van der Waals surface area contributed by atoms with Crippen LogP contribution < -0.4 is 10.2 Å². The number of ether oxygens (including phenoxy) is 1. The van der Waals surface area contributed by atoms with Crippen molar-refractivity contribution in [3.8, 4) is 0 Å². The molecular formula is C25H43N2O3+. The van der Waals surface area contributed by atoms with E-state index in [1.165, 1.54) is 43.4 Å². The SMILES string of the molecule is C[C@]12CC[C@H]3[C@H](CC[C@H]4C[C@H](O)CC[C@@]43C)[C@H]1CC[C@H]2NC(=O)C[NH+]1CCOCC1. The lowest BCUT2D eigenvalue weighted by Crippen LogP contribution is -3.15. The summed E-state index contributed by atoms with van der Waals surface area (Å²) in [4.78, 5) is 14.2. The summed E-state index contributed by atoms with van der Waals surface area (Å²) in [5.41, 5.74) is 0.707. The minimum Gasteiger partial charge on any atom is -0.393 e. The minimum absolute atomic E-state index is 0.0619. The maximum atomic E-state index is 12.8. The molecule has 5 aliphatic rings. The van der Waals surface area contributed by atoms with Gasteiger partial charge in [0.25, 0.3) is 5.91 Å². The van der Waals surface area contributed by atoms with E-state index in [0.717, 1.165) is 69.2 Å². The van der Waals surface area contributed by atoms with Crippen molar-refractivity contribution < 1.29 is 19.5 Å². The normalized spacial score (nSPS) is 49.0. The Bertz CT molecular complexity index is 650. The van der Waals surface area contributed by atoms with E-state index in [1.807, 2.05) is 0 Å². The van der Waals surface area contributed by atoms with Gasteiger partial charge in [0.05, 0.1) is 19.3 Å². The van der Waals surface area contributed by atoms with Crippen LogP contribution in [0, 0.1) is 34.5 Å². The first-order chi connectivity index (χ1) is 14.4. The molecule has 1 heterocycles. The Morgan fingerprint density at radius 3 is 2.53 bits per heavy atom. The molecule has 0 unspecified atom stereocenters. The number of fused-ring (bicyclic) bond motifs is 5. The van der Waals surface area contributed by atoms with Crippen molar-refractivity contribution in [3.63, 3.8) is 0 Å². The second-order valence-electron chi connectivity index (χ2n) is 11.9. The molecule has 0 aromatic carbocycles. The monoisotopic (exact) mass is 419 g/mol. The molecule has 30 heavy (non-hydrogen) atoms. The smallest absolute Gasteiger partial charge is 0.275 e. The van der Waals surface area contributed by atoms with Crippen LogP contribution in [0.4, 0.5) is 0 Å². The van der Waals surface area contributed by atoms with Crippen LogP contribution in [0.5, 0.6) is 0 Å². The zero-order valence-electron chi connectivity index (χ0n) is 19.1. The van der Waals surface area contributed by atoms with Gasteiger partial charge in [0.1, 0.15) is 13.1 Å². The van der Waals surface area contributed by atoms with Gasteiger partial charge in [-0.3, -0.25) is 4.79 Å². The van der Waals surface area contributed by atoms with Crippen LogP contribution in [0.25, 0.3) is 0 Å². The number of carbonyl (C=O) groups is 1. The Labute approximate surface area is 182 Å². The third-order valence-electron chi connectivity index (χ3n) is 10.6. The van der Waals surface area contributed by atoms with Crippen LogP contribution in [-0.2, 0) is 9.53 Å². The van der Waals surface area contributed by atoms with Gasteiger partial charge >= 0.3 is 0 Å². The molecule has 1 saturated heterocycles. The summed E-state index contributed by atoms with van der Waals surface area (Å²) >= 11 is 0. The van der Waals surface area contributed by atoms with E-state index < -0.39 is 0 Å². The Hall–Kier alpha value is -0.650. The molecule has 5 rings (SSSR count). The molecule has 4 aliphatic carbocycles. The zero-order chi connectivity index (χ0) is 20.9. The molecule has 4 saturated carbocycles. The van der Waals surface area contributed by atoms with Crippen LogP contribution in [0.2, 0.25) is 0 Å². The summed E-state index contributed by atoms with van der Waals surface area (Å²) in [7, 11) is 0. The number of rotatable bonds is 3. The lowest BCUT2D eigenvalue weighted by atomic mass is 9.45. The summed E-state index contributed by atoms with van der Waals surface area (Å²) < 4.78 is 5.44. The number of amides is 1. The Morgan fingerprint density at radius 1 is 1.00 bits per heavy atom. The maximum Gasteiger partial charge on any atom is 0.275 e. The van der Waals surface area contributed by atoms with E-state index in [9.17, 15) is 9.90 Å². The van der Waals surface area contributed by atoms with Crippen molar-refractivity contribution in [2.24, 2.45) is 34.5 Å². The second-order valence-corrected chi connectivity index (χ2v) is 11.9. The van der Waals surface area contributed by atoms with Crippen LogP contribution in [0.15, 0.2) is 0 Å². The number of aliphatic hydroxyl groups excluding tert-OH is 1. The average Bonchev–Trinajstić information content (AvgIpc) is 3.05. The first kappa shape index (κ1) is 21.2. The van der Waals surface area contributed by atoms with Crippen molar-refractivity contribution in [2.45, 2.75) is 83.8 Å². The second kappa shape index (κ2) is 8.04. The third-order valence-corrected chi connectivity index (χ3v) is 10.6. The minimum atomic E-state index is -0.0619. The summed E-state index contributed by atoms with van der Waals surface area (Å²) in [6.45, 7) is 9.13. The van der Waals surface area contributed by atoms with E-state index in [4.69, 9.17) is 4.74 Å². The van der Waals surface area contributed by atoms with Gasteiger partial charge in [-0.05, 0) is 92.3 Å². The summed E-state index contributed by atoms with van der Waals surface area (Å²) in [6.07, 6.45) is 10.9. The maximum absolute atomic E-state index is 12.8. The van der Waals surface area contributed by atoms with Crippen molar-refractivity contribution in [3.05, 3.63) is 0 Å². The highest BCUT2D eigenvalue weighted by Crippen LogP contribution is 2.66. The first-order valence-corrected chi connectivity index (χ1v) is 12.8. The number of aliphatic hydroxyl groups is 1. The Morgan fingerprint density at radius 2 is 1.73 bits per heavy atom. The van der Waals surface area contributed by atoms with Crippen LogP contribution in [0.1, 0.15) is 71.6 Å². The average molecular weight is 420 g/mol. The zero-order valence-corrected chi connectivity index (χ0v) is 19.1. The molecule has 5 fully saturated rings. The molecule has 0 aromatic heterocycles. The van der Waals surface area contributed by atoms with Gasteiger partial charge in [0, 0.05) is 6.04 Å². The van der Waals surface area contributed by atoms with Crippen molar-refractivity contribution >= 4 is 5.91 Å². The molecule has 170 valence electrons. The van der Waals surface area contributed by atoms with Gasteiger partial charge in [0.2, 0.25) is 0 Å². The summed E-state index contributed by atoms with van der Waals surface area (Å²) in [6, 6.07) is 0.357. The Kier molecular flexibility index (Phi) is 5.69. The first-order valence-electron chi connectivity index (χ1n) is 12.8. The molecule has 0 radical (unpaired) electrons. The van der Waals surface area contributed by atoms with Gasteiger partial charge in [-0.1, -0.05) is 13.8 Å². The van der Waals surface area contributed by atoms with E-state index >= 15 is 0 Å². The fourth-order valence-electron chi connectivity index (χ4n) is 8.78. The fourth-order valence-corrected chi connectivity index (χ4v) is 8.78. The molecule has 1 amide bonds. The van der Waals surface area contributed by atoms with E-state index in [1.54, 1.807) is 0 Å². The van der Waals surface area contributed by atoms with Gasteiger partial charge in [-0.15, -0.1) is 0 Å². The van der Waals surface area contributed by atoms with Gasteiger partial charge < -0.3 is 20.1 Å². The van der Waals surface area contributed by atoms with Crippen molar-refractivity contribution in [2.75, 3.05) is 32.8 Å². The lowest BCUT2D eigenvalue weighted by Gasteiger charge is -2.60. The molecule has 0 spiro atoms. The predicted molar refractivity (Wildman–Crippen MR) is 116 cm³/mol. The topological polar surface area (TPSA) is 63.0 Å². The molecule has 0 aromatic rings. The molecular weight excluding hydrogens is 376 g/mol. The van der Waals surface area contributed by atoms with Crippen LogP contribution >= 0.6 is 0 Å². The molecule has 5 nitrogen and oxygen atoms in total. The predicted octanol–water partition coefficient (Wildman–Crippen LogP) is 1.79. The summed E-state index contributed by atoms with van der Waals surface area (Å²) in [5.74, 6) is 3.39. The largest absolute Gasteiger partial charge is 0.393 e. The van der Waals surface area contributed by atoms with Crippen molar-refractivity contribution in [1.82, 2.24) is 5.32 Å². The standard InChI is InChI=1S/C25H42N2O3/c1-24-9-7-18(28)15-17(24)3-4-19-20-5-6-22(25(20,2)10-8-21(19)24)26-23(29)16-27-11-13-30-14-12-27/h17-22,28H,3-16H2,1-2H3,(H,26,29)/p+1/t17-,18+,19+,20+,21-,22+,24-,25-/m0/s1. The highest BCUT2D eigenvalue weighted by atomic mass is 16.5. The fraction of sp³-hybridized carbons (Fsp3) is 0.960. The lowest BCUT2D eigenvalue weighted by molar-refractivity contribution is -0.900. The van der Waals surface area contributed by atoms with Gasteiger partial charge in [0.15, 0.2) is 6.54 Å². The number of morpholine rings is 1. The van der Waals surface area contributed by atoms with Crippen molar-refractivity contribution in [1.29, 1.82) is 0 Å². The number of hydrogen-bond acceptors (Lipinski definition) is 3. The quantitative estimate of drug-likeness (QED) is 0.654. The molecule has 5 heteroatoms. The molecule has 0 bridgehead atoms. The van der Waals surface area contributed by atoms with E-state index in [-0.39, 0.29) is 17.4 Å². The van der Waals surface area contributed by atoms with Gasteiger partial charge in [-0.25, -0.2) is 0 Å². The number of carbonyl (C=O) groups excluding carboxylic acids is 1. The number of nitrogens with one attached hydrogen (secondary N) is 2. The van der Waals surface area contributed by atoms with E-state index in [0.29, 0.717) is 18.0 Å². The third kappa shape index (κ3) is 3.53. The van der Waals surface area contributed by atoms with Gasteiger partial charge in [-0.2, -0.15) is 0 Å². The number of hydrogen-bond donors (Lipinski definition) is 3. The molecule has 1 aliphatic heterocycles. The molecule has 8 atom stereocenters. The number of quaternary nitrogens is 1. The van der Waals surface area contributed by atoms with E-state index in [2.05, 4.69) is 19.2 Å².